The third-order valence-corrected chi connectivity index (χ3v) is 3.18. The molecule has 1 N–H and O–H groups in total. The summed E-state index contributed by atoms with van der Waals surface area (Å²) in [7, 11) is 0. The van der Waals surface area contributed by atoms with Crippen molar-refractivity contribution in [1.29, 1.82) is 0 Å². The molecule has 1 aromatic carbocycles. The largest absolute Gasteiger partial charge is 0.461 e. The molecule has 3 aromatic rings. The van der Waals surface area contributed by atoms with Crippen molar-refractivity contribution >= 4 is 22.6 Å². The quantitative estimate of drug-likeness (QED) is 0.782. The second-order valence-corrected chi connectivity index (χ2v) is 4.92. The summed E-state index contributed by atoms with van der Waals surface area (Å²) in [6.45, 7) is 2.59. The van der Waals surface area contributed by atoms with Gasteiger partial charge >= 0.3 is 0 Å². The van der Waals surface area contributed by atoms with Gasteiger partial charge in [0.15, 0.2) is 0 Å². The van der Waals surface area contributed by atoms with E-state index in [1.54, 1.807) is 11.0 Å². The molecule has 0 radical (unpaired) electrons. The molecule has 6 heteroatoms. The standard InChI is InChI=1S/C15H16N4O2/c1-11-7-12-8-13(4-5-14(12)21-11)18-15(20)3-2-6-19-10-16-9-17-19/h4-5,7-10H,2-3,6H2,1H3,(H,18,20). The molecule has 1 amide bonds. The lowest BCUT2D eigenvalue weighted by Gasteiger charge is -2.05. The third-order valence-electron chi connectivity index (χ3n) is 3.18. The van der Waals surface area contributed by atoms with Gasteiger partial charge in [-0.1, -0.05) is 0 Å². The molecular formula is C15H16N4O2. The van der Waals surface area contributed by atoms with E-state index >= 15 is 0 Å². The van der Waals surface area contributed by atoms with Crippen LogP contribution < -0.4 is 5.32 Å². The maximum absolute atomic E-state index is 11.9. The molecule has 108 valence electrons. The van der Waals surface area contributed by atoms with Crippen LogP contribution in [0.25, 0.3) is 11.0 Å². The molecule has 2 aromatic heterocycles. The summed E-state index contributed by atoms with van der Waals surface area (Å²) < 4.78 is 7.22. The molecule has 0 spiro atoms. The van der Waals surface area contributed by atoms with Gasteiger partial charge < -0.3 is 9.73 Å². The van der Waals surface area contributed by atoms with Gasteiger partial charge in [-0.05, 0) is 37.6 Å². The lowest BCUT2D eigenvalue weighted by molar-refractivity contribution is -0.116. The number of hydrogen-bond acceptors (Lipinski definition) is 4. The smallest absolute Gasteiger partial charge is 0.224 e. The highest BCUT2D eigenvalue weighted by Crippen LogP contribution is 2.22. The fourth-order valence-corrected chi connectivity index (χ4v) is 2.23. The van der Waals surface area contributed by atoms with E-state index in [0.717, 1.165) is 28.8 Å². The Kier molecular flexibility index (Phi) is 3.68. The number of furan rings is 1. The Morgan fingerprint density at radius 2 is 2.29 bits per heavy atom. The summed E-state index contributed by atoms with van der Waals surface area (Å²) in [4.78, 5) is 15.8. The Bertz CT molecular complexity index is 746. The molecule has 0 unspecified atom stereocenters. The van der Waals surface area contributed by atoms with Crippen LogP contribution in [0.15, 0.2) is 41.3 Å². The first-order valence-electron chi connectivity index (χ1n) is 6.83. The number of nitrogens with one attached hydrogen (secondary N) is 1. The zero-order chi connectivity index (χ0) is 14.7. The minimum atomic E-state index is -0.00492. The molecule has 0 aliphatic heterocycles. The van der Waals surface area contributed by atoms with Crippen molar-refractivity contribution in [3.63, 3.8) is 0 Å². The minimum absolute atomic E-state index is 0.00492. The lowest BCUT2D eigenvalue weighted by atomic mass is 10.2. The number of fused-ring (bicyclic) bond motifs is 1. The number of amides is 1. The molecule has 0 bridgehead atoms. The molecule has 0 aliphatic rings. The number of anilines is 1. The Hall–Kier alpha value is -2.63. The van der Waals surface area contributed by atoms with E-state index < -0.39 is 0 Å². The van der Waals surface area contributed by atoms with E-state index in [2.05, 4.69) is 15.4 Å². The highest BCUT2D eigenvalue weighted by Gasteiger charge is 2.05. The van der Waals surface area contributed by atoms with Gasteiger partial charge in [0, 0.05) is 24.0 Å². The van der Waals surface area contributed by atoms with Crippen molar-refractivity contribution in [3.05, 3.63) is 42.7 Å². The molecule has 0 saturated heterocycles. The van der Waals surface area contributed by atoms with Crippen molar-refractivity contribution in [2.75, 3.05) is 5.32 Å². The number of hydrogen-bond donors (Lipinski definition) is 1. The number of rotatable bonds is 5. The second-order valence-electron chi connectivity index (χ2n) is 4.92. The Balaban J connectivity index is 1.55. The highest BCUT2D eigenvalue weighted by atomic mass is 16.3. The normalized spacial score (nSPS) is 10.9. The molecule has 3 rings (SSSR count). The van der Waals surface area contributed by atoms with Gasteiger partial charge in [0.1, 0.15) is 24.0 Å². The number of aromatic nitrogens is 3. The number of carbonyl (C=O) groups excluding carboxylic acids is 1. The van der Waals surface area contributed by atoms with Crippen LogP contribution in [0.4, 0.5) is 5.69 Å². The van der Waals surface area contributed by atoms with Gasteiger partial charge in [0.2, 0.25) is 5.91 Å². The van der Waals surface area contributed by atoms with Crippen LogP contribution in [0.3, 0.4) is 0 Å². The number of aryl methyl sites for hydroxylation is 2. The van der Waals surface area contributed by atoms with E-state index in [4.69, 9.17) is 4.42 Å². The summed E-state index contributed by atoms with van der Waals surface area (Å²) >= 11 is 0. The topological polar surface area (TPSA) is 73.0 Å². The molecular weight excluding hydrogens is 268 g/mol. The van der Waals surface area contributed by atoms with Crippen molar-refractivity contribution in [1.82, 2.24) is 14.8 Å². The lowest BCUT2D eigenvalue weighted by Crippen LogP contribution is -2.12. The van der Waals surface area contributed by atoms with Crippen LogP contribution in [0.5, 0.6) is 0 Å². The van der Waals surface area contributed by atoms with Gasteiger partial charge in [-0.3, -0.25) is 9.48 Å². The van der Waals surface area contributed by atoms with E-state index in [-0.39, 0.29) is 5.91 Å². The van der Waals surface area contributed by atoms with Gasteiger partial charge in [-0.2, -0.15) is 5.10 Å². The fraction of sp³-hybridized carbons (Fsp3) is 0.267. The van der Waals surface area contributed by atoms with Crippen molar-refractivity contribution in [2.45, 2.75) is 26.3 Å². The van der Waals surface area contributed by atoms with Crippen LogP contribution in [0, 0.1) is 6.92 Å². The van der Waals surface area contributed by atoms with Crippen LogP contribution in [0.2, 0.25) is 0 Å². The number of benzene rings is 1. The maximum Gasteiger partial charge on any atom is 0.224 e. The first kappa shape index (κ1) is 13.4. The summed E-state index contributed by atoms with van der Waals surface area (Å²) in [6, 6.07) is 7.59. The van der Waals surface area contributed by atoms with Gasteiger partial charge in [-0.25, -0.2) is 4.98 Å². The number of nitrogens with zero attached hydrogens (tertiary/aromatic N) is 3. The SMILES string of the molecule is Cc1cc2cc(NC(=O)CCCn3cncn3)ccc2o1. The third kappa shape index (κ3) is 3.28. The molecule has 0 atom stereocenters. The van der Waals surface area contributed by atoms with Gasteiger partial charge in [0.05, 0.1) is 0 Å². The zero-order valence-electron chi connectivity index (χ0n) is 11.7. The molecule has 21 heavy (non-hydrogen) atoms. The first-order chi connectivity index (χ1) is 10.2. The van der Waals surface area contributed by atoms with Crippen LogP contribution in [0.1, 0.15) is 18.6 Å². The molecule has 0 fully saturated rings. The summed E-state index contributed by atoms with van der Waals surface area (Å²) in [6.07, 6.45) is 4.31. The van der Waals surface area contributed by atoms with Gasteiger partial charge in [-0.15, -0.1) is 0 Å². The highest BCUT2D eigenvalue weighted by molar-refractivity contribution is 5.93. The van der Waals surface area contributed by atoms with Crippen molar-refractivity contribution < 1.29 is 9.21 Å². The Morgan fingerprint density at radius 1 is 1.38 bits per heavy atom. The van der Waals surface area contributed by atoms with E-state index in [1.165, 1.54) is 6.33 Å². The fourth-order valence-electron chi connectivity index (χ4n) is 2.23. The van der Waals surface area contributed by atoms with Crippen molar-refractivity contribution in [2.24, 2.45) is 0 Å². The number of carbonyl (C=O) groups is 1. The van der Waals surface area contributed by atoms with Gasteiger partial charge in [0.25, 0.3) is 0 Å². The van der Waals surface area contributed by atoms with E-state index in [0.29, 0.717) is 13.0 Å². The summed E-state index contributed by atoms with van der Waals surface area (Å²) in [5.41, 5.74) is 1.62. The first-order valence-corrected chi connectivity index (χ1v) is 6.83. The van der Waals surface area contributed by atoms with Crippen LogP contribution >= 0.6 is 0 Å². The predicted octanol–water partition coefficient (Wildman–Crippen LogP) is 2.75. The molecule has 6 nitrogen and oxygen atoms in total. The minimum Gasteiger partial charge on any atom is -0.461 e. The van der Waals surface area contributed by atoms with Crippen molar-refractivity contribution in [3.8, 4) is 0 Å². The van der Waals surface area contributed by atoms with Crippen LogP contribution in [-0.4, -0.2) is 20.7 Å². The molecule has 0 aliphatic carbocycles. The average molecular weight is 284 g/mol. The van der Waals surface area contributed by atoms with E-state index in [1.807, 2.05) is 31.2 Å². The predicted molar refractivity (Wildman–Crippen MR) is 78.8 cm³/mol. The average Bonchev–Trinajstić information content (AvgIpc) is 3.06. The monoisotopic (exact) mass is 284 g/mol. The zero-order valence-corrected chi connectivity index (χ0v) is 11.7. The summed E-state index contributed by atoms with van der Waals surface area (Å²) in [5.74, 6) is 0.857. The van der Waals surface area contributed by atoms with Crippen LogP contribution in [-0.2, 0) is 11.3 Å². The second kappa shape index (κ2) is 5.78. The Morgan fingerprint density at radius 3 is 3.10 bits per heavy atom. The molecule has 0 saturated carbocycles. The summed E-state index contributed by atoms with van der Waals surface area (Å²) in [5, 5.41) is 7.89. The maximum atomic E-state index is 11.9. The molecule has 2 heterocycles. The Labute approximate surface area is 121 Å². The van der Waals surface area contributed by atoms with E-state index in [9.17, 15) is 4.79 Å².